The minimum atomic E-state index is -1.20. The highest BCUT2D eigenvalue weighted by molar-refractivity contribution is 7.14. The van der Waals surface area contributed by atoms with Crippen molar-refractivity contribution in [1.29, 1.82) is 0 Å². The largest absolute Gasteiger partial charge is 0.476 e. The number of halogens is 1. The van der Waals surface area contributed by atoms with Gasteiger partial charge in [-0.1, -0.05) is 41.9 Å². The molecule has 13 heteroatoms. The van der Waals surface area contributed by atoms with E-state index in [2.05, 4.69) is 31.1 Å². The molecule has 2 aromatic carbocycles. The van der Waals surface area contributed by atoms with Gasteiger partial charge in [-0.3, -0.25) is 9.59 Å². The Morgan fingerprint density at radius 1 is 1.17 bits per heavy atom. The van der Waals surface area contributed by atoms with Gasteiger partial charge in [-0.15, -0.1) is 16.4 Å². The van der Waals surface area contributed by atoms with Crippen LogP contribution in [0.15, 0.2) is 66.3 Å². The molecule has 1 atom stereocenters. The number of nitrogens with zero attached hydrogens (tertiary/aromatic N) is 5. The van der Waals surface area contributed by atoms with E-state index < -0.39 is 23.8 Å². The number of amides is 2. The number of hydrogen-bond donors (Lipinski definition) is 3. The molecule has 4 aromatic rings. The van der Waals surface area contributed by atoms with Gasteiger partial charge in [0, 0.05) is 28.5 Å². The molecular weight excluding hydrogens is 506 g/mol. The summed E-state index contributed by atoms with van der Waals surface area (Å²) in [6.45, 7) is 0. The van der Waals surface area contributed by atoms with Gasteiger partial charge in [-0.25, -0.2) is 9.78 Å². The van der Waals surface area contributed by atoms with Gasteiger partial charge in [0.05, 0.1) is 5.69 Å². The third-order valence-corrected chi connectivity index (χ3v) is 5.86. The lowest BCUT2D eigenvalue weighted by molar-refractivity contribution is -0.123. The Balaban J connectivity index is 1.52. The van der Waals surface area contributed by atoms with Gasteiger partial charge in [0.25, 0.3) is 0 Å². The average Bonchev–Trinajstić information content (AvgIpc) is 3.56. The molecule has 36 heavy (non-hydrogen) atoms. The Kier molecular flexibility index (Phi) is 7.78. The van der Waals surface area contributed by atoms with E-state index in [4.69, 9.17) is 16.7 Å². The molecular formula is C23H18ClN7O4S. The van der Waals surface area contributed by atoms with Crippen LogP contribution in [0.25, 0.3) is 11.8 Å². The Hall–Kier alpha value is -4.42. The van der Waals surface area contributed by atoms with E-state index in [1.807, 2.05) is 30.3 Å². The van der Waals surface area contributed by atoms with Gasteiger partial charge >= 0.3 is 5.97 Å². The highest BCUT2D eigenvalue weighted by atomic mass is 35.5. The number of nitrogens with one attached hydrogen (secondary N) is 2. The van der Waals surface area contributed by atoms with Gasteiger partial charge < -0.3 is 15.7 Å². The van der Waals surface area contributed by atoms with Crippen molar-refractivity contribution >= 4 is 51.9 Å². The van der Waals surface area contributed by atoms with E-state index in [0.29, 0.717) is 16.3 Å². The van der Waals surface area contributed by atoms with E-state index in [-0.39, 0.29) is 17.2 Å². The molecule has 4 rings (SSSR count). The maximum Gasteiger partial charge on any atom is 0.355 e. The van der Waals surface area contributed by atoms with Gasteiger partial charge in [0.15, 0.2) is 10.8 Å². The Morgan fingerprint density at radius 3 is 2.67 bits per heavy atom. The summed E-state index contributed by atoms with van der Waals surface area (Å²) in [5.41, 5.74) is 1.83. The molecule has 0 spiro atoms. The predicted octanol–water partition coefficient (Wildman–Crippen LogP) is 2.85. The number of carboxylic acid groups (broad SMARTS) is 1. The third kappa shape index (κ3) is 6.37. The molecule has 2 heterocycles. The van der Waals surface area contributed by atoms with Crippen LogP contribution in [0.2, 0.25) is 5.02 Å². The lowest BCUT2D eigenvalue weighted by Gasteiger charge is -2.17. The third-order valence-electron chi connectivity index (χ3n) is 4.87. The monoisotopic (exact) mass is 523 g/mol. The maximum atomic E-state index is 13.0. The molecule has 0 saturated heterocycles. The summed E-state index contributed by atoms with van der Waals surface area (Å²) in [5.74, 6) is -2.27. The topological polar surface area (TPSA) is 152 Å². The van der Waals surface area contributed by atoms with Crippen molar-refractivity contribution in [3.63, 3.8) is 0 Å². The number of aromatic carboxylic acids is 1. The van der Waals surface area contributed by atoms with E-state index in [1.165, 1.54) is 28.5 Å². The molecule has 0 radical (unpaired) electrons. The lowest BCUT2D eigenvalue weighted by atomic mass is 10.1. The molecule has 0 aliphatic rings. The van der Waals surface area contributed by atoms with Crippen LogP contribution in [-0.4, -0.2) is 54.1 Å². The van der Waals surface area contributed by atoms with Crippen molar-refractivity contribution in [1.82, 2.24) is 30.5 Å². The first-order chi connectivity index (χ1) is 17.4. The van der Waals surface area contributed by atoms with Crippen LogP contribution in [0, 0.1) is 0 Å². The van der Waals surface area contributed by atoms with Gasteiger partial charge in [0.2, 0.25) is 11.8 Å². The first-order valence-corrected chi connectivity index (χ1v) is 11.7. The Labute approximate surface area is 213 Å². The van der Waals surface area contributed by atoms with Crippen molar-refractivity contribution in [3.8, 4) is 5.69 Å². The van der Waals surface area contributed by atoms with E-state index in [9.17, 15) is 14.4 Å². The Morgan fingerprint density at radius 2 is 1.97 bits per heavy atom. The fourth-order valence-electron chi connectivity index (χ4n) is 3.21. The fourth-order valence-corrected chi connectivity index (χ4v) is 4.07. The predicted molar refractivity (Wildman–Crippen MR) is 133 cm³/mol. The number of carbonyl (C=O) groups is 3. The van der Waals surface area contributed by atoms with E-state index >= 15 is 0 Å². The van der Waals surface area contributed by atoms with Crippen molar-refractivity contribution in [2.24, 2.45) is 0 Å². The molecule has 0 saturated carbocycles. The molecule has 3 N–H and O–H groups in total. The summed E-state index contributed by atoms with van der Waals surface area (Å²) in [7, 11) is 0. The van der Waals surface area contributed by atoms with Crippen LogP contribution in [0.1, 0.15) is 21.6 Å². The molecule has 0 aliphatic carbocycles. The number of carboxylic acids is 1. The highest BCUT2D eigenvalue weighted by Gasteiger charge is 2.22. The van der Waals surface area contributed by atoms with Crippen LogP contribution < -0.4 is 10.6 Å². The standard InChI is InChI=1S/C23H18ClN7O4S/c24-16-7-8-19(31-13-25-29-30-31)15(11-16)6-9-20(32)26-17(10-14-4-2-1-3-5-14)21(33)28-23-27-18(12-36-23)22(34)35/h1-9,11-13,17H,10H2,(H,26,32)(H,34,35)(H,27,28,33)/b9-6+/t17-/m0/s1. The van der Waals surface area contributed by atoms with E-state index in [0.717, 1.165) is 16.9 Å². The Bertz CT molecular complexity index is 1410. The van der Waals surface area contributed by atoms with Crippen LogP contribution >= 0.6 is 22.9 Å². The SMILES string of the molecule is O=C(/C=C/c1cc(Cl)ccc1-n1cnnn1)N[C@@H](Cc1ccccc1)C(=O)Nc1nc(C(=O)O)cs1. The molecule has 0 aliphatic heterocycles. The number of benzene rings is 2. The summed E-state index contributed by atoms with van der Waals surface area (Å²) >= 11 is 7.09. The maximum absolute atomic E-state index is 13.0. The quantitative estimate of drug-likeness (QED) is 0.283. The molecule has 0 unspecified atom stereocenters. The molecule has 182 valence electrons. The highest BCUT2D eigenvalue weighted by Crippen LogP contribution is 2.20. The molecule has 0 fully saturated rings. The van der Waals surface area contributed by atoms with Crippen LogP contribution in [-0.2, 0) is 16.0 Å². The summed E-state index contributed by atoms with van der Waals surface area (Å²) in [5, 5.41) is 27.3. The zero-order valence-corrected chi connectivity index (χ0v) is 20.0. The molecule has 2 amide bonds. The first kappa shape index (κ1) is 24.7. The van der Waals surface area contributed by atoms with Crippen LogP contribution in [0.4, 0.5) is 5.13 Å². The van der Waals surface area contributed by atoms with Crippen molar-refractivity contribution < 1.29 is 19.5 Å². The summed E-state index contributed by atoms with van der Waals surface area (Å²) < 4.78 is 1.43. The number of thiazole rings is 1. The van der Waals surface area contributed by atoms with E-state index in [1.54, 1.807) is 18.2 Å². The number of rotatable bonds is 9. The number of tetrazole rings is 1. The second-order valence-corrected chi connectivity index (χ2v) is 8.67. The minimum Gasteiger partial charge on any atom is -0.476 e. The number of aromatic nitrogens is 5. The molecule has 2 aromatic heterocycles. The second-order valence-electron chi connectivity index (χ2n) is 7.37. The van der Waals surface area contributed by atoms with Crippen molar-refractivity contribution in [2.75, 3.05) is 5.32 Å². The molecule has 11 nitrogen and oxygen atoms in total. The van der Waals surface area contributed by atoms with Crippen LogP contribution in [0.3, 0.4) is 0 Å². The van der Waals surface area contributed by atoms with Crippen molar-refractivity contribution in [2.45, 2.75) is 12.5 Å². The van der Waals surface area contributed by atoms with Gasteiger partial charge in [-0.2, -0.15) is 4.68 Å². The number of carbonyl (C=O) groups excluding carboxylic acids is 2. The van der Waals surface area contributed by atoms with Gasteiger partial charge in [0.1, 0.15) is 12.4 Å². The van der Waals surface area contributed by atoms with Crippen LogP contribution in [0.5, 0.6) is 0 Å². The first-order valence-electron chi connectivity index (χ1n) is 10.4. The number of anilines is 1. The van der Waals surface area contributed by atoms with Gasteiger partial charge in [-0.05, 0) is 40.3 Å². The normalized spacial score (nSPS) is 11.8. The fraction of sp³-hybridized carbons (Fsp3) is 0.0870. The zero-order chi connectivity index (χ0) is 25.5. The smallest absolute Gasteiger partial charge is 0.355 e. The zero-order valence-electron chi connectivity index (χ0n) is 18.4. The number of hydrogen-bond acceptors (Lipinski definition) is 8. The molecule has 0 bridgehead atoms. The summed E-state index contributed by atoms with van der Waals surface area (Å²) in [6, 6.07) is 13.2. The minimum absolute atomic E-state index is 0.116. The van der Waals surface area contributed by atoms with Crippen molar-refractivity contribution in [3.05, 3.63) is 88.2 Å². The summed E-state index contributed by atoms with van der Waals surface area (Å²) in [6.07, 6.45) is 4.43. The summed E-state index contributed by atoms with van der Waals surface area (Å²) in [4.78, 5) is 40.7. The lowest BCUT2D eigenvalue weighted by Crippen LogP contribution is -2.44. The second kappa shape index (κ2) is 11.3. The average molecular weight is 524 g/mol.